The minimum Gasteiger partial charge on any atom is 0 e. The summed E-state index contributed by atoms with van der Waals surface area (Å²) in [5.41, 5.74) is 0. The summed E-state index contributed by atoms with van der Waals surface area (Å²) in [6.07, 6.45) is 0. The molecule has 2 radical (unpaired) electrons. The van der Waals surface area contributed by atoms with E-state index >= 15 is 0 Å². The average Bonchev–Trinajstić information content (AvgIpc) is 1.00. The number of rotatable bonds is 0. The molecule has 0 saturated carbocycles. The molecule has 6 heteroatoms. The normalized spacial score (nSPS) is 0.500. The van der Waals surface area contributed by atoms with Crippen LogP contribution in [0.4, 0.5) is 0 Å². The zero-order valence-electron chi connectivity index (χ0n) is 2.30. The van der Waals surface area contributed by atoms with Gasteiger partial charge >= 0.3 is 23.7 Å². The summed E-state index contributed by atoms with van der Waals surface area (Å²) in [6, 6.07) is 0. The van der Waals surface area contributed by atoms with E-state index in [4.69, 9.17) is 3.32 Å². The third kappa shape index (κ3) is 26.2. The molecule has 0 fully saturated rings. The van der Waals surface area contributed by atoms with Crippen LogP contribution in [0.3, 0.4) is 0 Å². The third-order valence-electron chi connectivity index (χ3n) is 0. The summed E-state index contributed by atoms with van der Waals surface area (Å²) >= 11 is 0.750. The van der Waals surface area contributed by atoms with Crippen molar-refractivity contribution in [1.82, 2.24) is 0 Å². The summed E-state index contributed by atoms with van der Waals surface area (Å²) in [4.78, 5) is 0. The predicted octanol–water partition coefficient (Wildman–Crippen LogP) is -1.31. The Bertz CT molecular complexity index is 15.5. The first-order chi connectivity index (χ1) is 1.00. The zero-order chi connectivity index (χ0) is 2.00. The first-order valence-electron chi connectivity index (χ1n) is 0.204. The van der Waals surface area contributed by atoms with Gasteiger partial charge in [-0.2, -0.15) is 0 Å². The Balaban J connectivity index is -0.000000000833. The monoisotopic (exact) mass is 458 g/mol. The van der Waals surface area contributed by atoms with Crippen LogP contribution in [0.5, 0.6) is 0 Å². The van der Waals surface area contributed by atoms with Gasteiger partial charge in [0.25, 0.3) is 0 Å². The Hall–Kier alpha value is 3.41. The summed E-state index contributed by atoms with van der Waals surface area (Å²) in [6.45, 7) is 0. The molecular formula is H3AlNbOTaTiZr. The van der Waals surface area contributed by atoms with Crippen LogP contribution in [0.2, 0.25) is 0 Å². The summed E-state index contributed by atoms with van der Waals surface area (Å²) < 4.78 is 8.25. The van der Waals surface area contributed by atoms with Crippen molar-refractivity contribution in [3.05, 3.63) is 0 Å². The van der Waals surface area contributed by atoms with Gasteiger partial charge in [-0.05, 0) is 0 Å². The molecule has 0 bridgehead atoms. The second kappa shape index (κ2) is 39.7. The third-order valence-corrected chi connectivity index (χ3v) is 0. The topological polar surface area (TPSA) is 17.1 Å². The van der Waals surface area contributed by atoms with Crippen LogP contribution in [0.25, 0.3) is 0 Å². The maximum absolute atomic E-state index is 8.25. The van der Waals surface area contributed by atoms with E-state index in [1.54, 1.807) is 0 Å². The van der Waals surface area contributed by atoms with Gasteiger partial charge in [0.15, 0.2) is 17.4 Å². The van der Waals surface area contributed by atoms with E-state index in [1.165, 1.54) is 0 Å². The van der Waals surface area contributed by atoms with Crippen molar-refractivity contribution in [3.8, 4) is 0 Å². The van der Waals surface area contributed by atoms with Gasteiger partial charge in [0.1, 0.15) is 0 Å². The molecule has 0 aliphatic heterocycles. The van der Waals surface area contributed by atoms with Crippen molar-refractivity contribution in [2.24, 2.45) is 0 Å². The van der Waals surface area contributed by atoms with Crippen LogP contribution in [-0.4, -0.2) is 17.4 Å². The van der Waals surface area contributed by atoms with E-state index in [0.29, 0.717) is 0 Å². The average molecular weight is 459 g/mol. The van der Waals surface area contributed by atoms with Gasteiger partial charge in [0.05, 0.1) is 0 Å². The van der Waals surface area contributed by atoms with Gasteiger partial charge in [-0.1, -0.05) is 0 Å². The first-order valence-corrected chi connectivity index (χ1v) is 0.842. The number of hydrogen-bond donors (Lipinski definition) is 0. The van der Waals surface area contributed by atoms with Crippen molar-refractivity contribution in [2.45, 2.75) is 0 Å². The fraction of sp³-hybridized carbons (Fsp3) is 0. The van der Waals surface area contributed by atoms with E-state index < -0.39 is 0 Å². The van der Waals surface area contributed by atoms with Crippen LogP contribution < -0.4 is 0 Å². The molecule has 0 rings (SSSR count). The molecule has 6 heavy (non-hydrogen) atoms. The molecule has 0 aromatic carbocycles. The van der Waals surface area contributed by atoms with Gasteiger partial charge in [0, 0.05) is 71.0 Å². The molecular weight excluding hydrogens is 456 g/mol. The molecule has 0 aliphatic rings. The fourth-order valence-corrected chi connectivity index (χ4v) is 0. The van der Waals surface area contributed by atoms with Gasteiger partial charge in [0.2, 0.25) is 0 Å². The Kier molecular flexibility index (Phi) is 226. The molecule has 0 aromatic rings. The molecule has 0 N–H and O–H groups in total. The standard InChI is InChI=1S/Al.Nb.O.Ta.Ti.Zr.3H. The molecule has 0 saturated heterocycles. The molecule has 0 amide bonds. The van der Waals surface area contributed by atoms with E-state index in [1.807, 2.05) is 0 Å². The minimum atomic E-state index is 0. The summed E-state index contributed by atoms with van der Waals surface area (Å²) in [5.74, 6) is 0. The zero-order valence-corrected chi connectivity index (χ0v) is 11.7. The molecule has 0 spiro atoms. The van der Waals surface area contributed by atoms with Crippen molar-refractivity contribution in [3.63, 3.8) is 0 Å². The van der Waals surface area contributed by atoms with E-state index in [-0.39, 0.29) is 88.3 Å². The first kappa shape index (κ1) is 34.2. The second-order valence-electron chi connectivity index (χ2n) is 0. The minimum absolute atomic E-state index is 0. The van der Waals surface area contributed by atoms with Gasteiger partial charge < -0.3 is 0 Å². The Morgan fingerprint density at radius 3 is 1.17 bits per heavy atom. The van der Waals surface area contributed by atoms with Crippen LogP contribution >= 0.6 is 0 Å². The van der Waals surface area contributed by atoms with Gasteiger partial charge in [-0.25, -0.2) is 0 Å². The Morgan fingerprint density at radius 2 is 1.17 bits per heavy atom. The fourth-order valence-electron chi connectivity index (χ4n) is 0. The number of hydrogen-bond acceptors (Lipinski definition) is 1. The van der Waals surface area contributed by atoms with Crippen LogP contribution in [0.15, 0.2) is 0 Å². The molecule has 30 valence electrons. The Morgan fingerprint density at radius 1 is 1.17 bits per heavy atom. The SMILES string of the molecule is [AlH3].[Nb].[O]=[Ti].[Ta].[Zr]. The summed E-state index contributed by atoms with van der Waals surface area (Å²) in [7, 11) is 0. The maximum Gasteiger partial charge on any atom is 0 e. The second-order valence-corrected chi connectivity index (χ2v) is 0. The molecule has 0 aliphatic carbocycles. The largest absolute Gasteiger partial charge is 0 e. The van der Waals surface area contributed by atoms with E-state index in [0.717, 1.165) is 20.4 Å². The van der Waals surface area contributed by atoms with E-state index in [9.17, 15) is 0 Å². The van der Waals surface area contributed by atoms with Gasteiger partial charge in [-0.3, -0.25) is 0 Å². The van der Waals surface area contributed by atoms with Crippen molar-refractivity contribution < 1.29 is 94.7 Å². The Labute approximate surface area is 110 Å². The quantitative estimate of drug-likeness (QED) is 0.412. The molecule has 0 aromatic heterocycles. The van der Waals surface area contributed by atoms with Crippen molar-refractivity contribution >= 4 is 17.4 Å². The van der Waals surface area contributed by atoms with Crippen LogP contribution in [0, 0.1) is 0 Å². The maximum atomic E-state index is 8.25. The predicted molar refractivity (Wildman–Crippen MR) is 10.6 cm³/mol. The molecule has 0 unspecified atom stereocenters. The van der Waals surface area contributed by atoms with E-state index in [2.05, 4.69) is 0 Å². The summed E-state index contributed by atoms with van der Waals surface area (Å²) in [5, 5.41) is 0. The molecule has 0 heterocycles. The molecule has 0 atom stereocenters. The smallest absolute Gasteiger partial charge is 0 e. The van der Waals surface area contributed by atoms with Crippen LogP contribution in [-0.2, 0) is 94.7 Å². The molecule has 1 nitrogen and oxygen atoms in total. The van der Waals surface area contributed by atoms with Crippen LogP contribution in [0.1, 0.15) is 0 Å². The van der Waals surface area contributed by atoms with Crippen molar-refractivity contribution in [2.75, 3.05) is 0 Å². The van der Waals surface area contributed by atoms with Crippen molar-refractivity contribution in [1.29, 1.82) is 0 Å². The van der Waals surface area contributed by atoms with Gasteiger partial charge in [-0.15, -0.1) is 0 Å².